The van der Waals surface area contributed by atoms with Crippen molar-refractivity contribution in [2.75, 3.05) is 0 Å². The predicted octanol–water partition coefficient (Wildman–Crippen LogP) is 16.6. The van der Waals surface area contributed by atoms with Crippen molar-refractivity contribution >= 4 is 49.3 Å². The van der Waals surface area contributed by atoms with Crippen LogP contribution in [0.4, 0.5) is 5.69 Å². The van der Waals surface area contributed by atoms with E-state index in [4.69, 9.17) is 16.5 Å². The second-order valence-electron chi connectivity index (χ2n) is 20.6. The molecule has 9 aromatic carbocycles. The fourth-order valence-corrected chi connectivity index (χ4v) is 12.8. The quantitative estimate of drug-likeness (QED) is 0.161. The maximum absolute atomic E-state index is 11.2. The van der Waals surface area contributed by atoms with E-state index in [0.29, 0.717) is 39.6 Å². The summed E-state index contributed by atoms with van der Waals surface area (Å²) in [6.07, 6.45) is 0. The number of nitrogens with zero attached hydrogens (tertiary/aromatic N) is 7. The van der Waals surface area contributed by atoms with Crippen LogP contribution in [0.2, 0.25) is 0 Å². The van der Waals surface area contributed by atoms with Crippen molar-refractivity contribution in [1.29, 1.82) is 10.5 Å². The minimum atomic E-state index is -0.247. The van der Waals surface area contributed by atoms with Crippen LogP contribution in [0.15, 0.2) is 188 Å². The molecule has 7 nitrogen and oxygen atoms in total. The summed E-state index contributed by atoms with van der Waals surface area (Å²) in [5.74, 6) is 0.422. The highest BCUT2D eigenvalue weighted by atomic mass is 15.0. The summed E-state index contributed by atoms with van der Waals surface area (Å²) in [4.78, 5) is 14.4. The van der Waals surface area contributed by atoms with Crippen molar-refractivity contribution in [2.45, 2.75) is 38.5 Å². The third kappa shape index (κ3) is 5.80. The highest BCUT2D eigenvalue weighted by Gasteiger charge is 2.40. The van der Waals surface area contributed by atoms with Gasteiger partial charge in [0.05, 0.1) is 57.0 Å². The van der Waals surface area contributed by atoms with Crippen LogP contribution >= 0.6 is 0 Å². The van der Waals surface area contributed by atoms with Gasteiger partial charge in [-0.15, -0.1) is 0 Å². The van der Waals surface area contributed by atoms with Crippen LogP contribution in [0.3, 0.4) is 0 Å². The van der Waals surface area contributed by atoms with Gasteiger partial charge >= 0.3 is 0 Å². The lowest BCUT2D eigenvalue weighted by atomic mass is 9.80. The van der Waals surface area contributed by atoms with Crippen molar-refractivity contribution < 1.29 is 0 Å². The Morgan fingerprint density at radius 2 is 0.946 bits per heavy atom. The van der Waals surface area contributed by atoms with Gasteiger partial charge in [-0.3, -0.25) is 0 Å². The third-order valence-corrected chi connectivity index (χ3v) is 16.0. The molecular formula is C67H43N7. The van der Waals surface area contributed by atoms with E-state index >= 15 is 0 Å². The van der Waals surface area contributed by atoms with Crippen LogP contribution in [0.5, 0.6) is 0 Å². The zero-order chi connectivity index (χ0) is 50.2. The molecule has 0 saturated carbocycles. The van der Waals surface area contributed by atoms with Gasteiger partial charge in [0.25, 0.3) is 0 Å². The van der Waals surface area contributed by atoms with Crippen LogP contribution in [0.1, 0.15) is 61.1 Å². The smallest absolute Gasteiger partial charge is 0.211 e. The van der Waals surface area contributed by atoms with Crippen molar-refractivity contribution in [3.05, 3.63) is 233 Å². The minimum absolute atomic E-state index is 0.244. The van der Waals surface area contributed by atoms with E-state index in [-0.39, 0.29) is 16.4 Å². The molecule has 0 saturated heterocycles. The summed E-state index contributed by atoms with van der Waals surface area (Å²) in [5, 5.41) is 26.9. The normalized spacial score (nSPS) is 13.6. The van der Waals surface area contributed by atoms with Crippen LogP contribution in [0.25, 0.3) is 116 Å². The maximum atomic E-state index is 11.2. The Hall–Kier alpha value is -9.87. The topological polar surface area (TPSA) is 87.6 Å². The molecule has 7 heteroatoms. The third-order valence-electron chi connectivity index (χ3n) is 16.0. The van der Waals surface area contributed by atoms with Gasteiger partial charge in [0.15, 0.2) is 5.82 Å². The number of fused-ring (bicyclic) bond motifs is 14. The Bertz CT molecular complexity index is 4320. The van der Waals surface area contributed by atoms with Gasteiger partial charge in [0, 0.05) is 43.5 Å². The number of aromatic nitrogens is 4. The number of hydrogen-bond acceptors (Lipinski definition) is 4. The first-order valence-corrected chi connectivity index (χ1v) is 24.9. The van der Waals surface area contributed by atoms with E-state index in [1.54, 1.807) is 0 Å². The van der Waals surface area contributed by atoms with E-state index < -0.39 is 0 Å². The van der Waals surface area contributed by atoms with Crippen molar-refractivity contribution in [3.63, 3.8) is 0 Å². The molecule has 0 atom stereocenters. The Labute approximate surface area is 427 Å². The lowest BCUT2D eigenvalue weighted by Gasteiger charge is -2.22. The first-order valence-electron chi connectivity index (χ1n) is 24.9. The van der Waals surface area contributed by atoms with E-state index in [9.17, 15) is 10.5 Å². The van der Waals surface area contributed by atoms with Gasteiger partial charge in [-0.2, -0.15) is 10.5 Å². The van der Waals surface area contributed by atoms with Crippen LogP contribution in [0, 0.1) is 29.2 Å². The molecule has 0 amide bonds. The van der Waals surface area contributed by atoms with Gasteiger partial charge in [0.1, 0.15) is 17.7 Å². The fourth-order valence-electron chi connectivity index (χ4n) is 12.8. The number of para-hydroxylation sites is 2. The Morgan fingerprint density at radius 3 is 1.49 bits per heavy atom. The SMILES string of the molecule is [C-]#[N+]c1cc(-c2nc(-c3ccccc3)nc(-c3ccc(-n4c5ccccc5c5c6c(ccc54)-c4ccccc4C6(C)C)c(C#N)c3)c2C#N)ccc1-n1c2ccccc2c2c3c(ccc21)-c1ccccc1C3(C)C. The highest BCUT2D eigenvalue weighted by Crippen LogP contribution is 2.55. The van der Waals surface area contributed by atoms with Crippen molar-refractivity contribution in [2.24, 2.45) is 0 Å². The van der Waals surface area contributed by atoms with E-state index in [1.165, 1.54) is 55.3 Å². The first kappa shape index (κ1) is 43.0. The molecule has 2 aliphatic rings. The summed E-state index contributed by atoms with van der Waals surface area (Å²) in [6, 6.07) is 69.4. The number of rotatable bonds is 5. The number of nitriles is 2. The molecule has 0 spiro atoms. The van der Waals surface area contributed by atoms with Crippen LogP contribution in [-0.4, -0.2) is 19.1 Å². The summed E-state index contributed by atoms with van der Waals surface area (Å²) in [6.45, 7) is 17.9. The zero-order valence-corrected chi connectivity index (χ0v) is 41.0. The van der Waals surface area contributed by atoms with Gasteiger partial charge in [-0.05, 0) is 98.6 Å². The van der Waals surface area contributed by atoms with Crippen LogP contribution < -0.4 is 0 Å². The maximum Gasteiger partial charge on any atom is 0.211 e. The summed E-state index contributed by atoms with van der Waals surface area (Å²) >= 11 is 0. The van der Waals surface area contributed by atoms with Gasteiger partial charge in [0.2, 0.25) is 5.69 Å². The molecule has 0 aliphatic heterocycles. The van der Waals surface area contributed by atoms with Gasteiger partial charge < -0.3 is 9.13 Å². The summed E-state index contributed by atoms with van der Waals surface area (Å²) in [7, 11) is 0. The monoisotopic (exact) mass is 945 g/mol. The molecule has 14 rings (SSSR count). The zero-order valence-electron chi connectivity index (χ0n) is 41.0. The molecule has 3 heterocycles. The standard InChI is InChI=1S/C67H43N7/c1-66(2)50-23-13-9-19-43(50)45-29-33-57-59(61(45)66)47-21-11-15-25-54(47)73(57)53-31-27-40(35-42(53)37-68)63-49(38-69)64(72-65(71-63)39-17-7-6-8-18-39)41-28-32-56(52(36-41)70-5)74-55-26-16-12-22-48(55)60-58(74)34-30-46-44-20-10-14-24-51(44)67(3,4)62(46)60/h6-36H,1-4H3. The van der Waals surface area contributed by atoms with Crippen molar-refractivity contribution in [3.8, 4) is 79.7 Å². The number of hydrogen-bond donors (Lipinski definition) is 0. The molecule has 0 radical (unpaired) electrons. The average molecular weight is 946 g/mol. The van der Waals surface area contributed by atoms with Gasteiger partial charge in [-0.25, -0.2) is 14.8 Å². The molecule has 346 valence electrons. The van der Waals surface area contributed by atoms with Crippen molar-refractivity contribution in [1.82, 2.24) is 19.1 Å². The Kier molecular flexibility index (Phi) is 9.04. The molecule has 0 fully saturated rings. The lowest BCUT2D eigenvalue weighted by molar-refractivity contribution is 0.666. The molecule has 0 N–H and O–H groups in total. The average Bonchev–Trinajstić information content (AvgIpc) is 4.11. The molecule has 0 bridgehead atoms. The van der Waals surface area contributed by atoms with E-state index in [0.717, 1.165) is 49.8 Å². The molecule has 0 unspecified atom stereocenters. The second kappa shape index (κ2) is 15.6. The lowest BCUT2D eigenvalue weighted by Crippen LogP contribution is -2.15. The number of benzene rings is 9. The van der Waals surface area contributed by atoms with Crippen LogP contribution in [-0.2, 0) is 10.8 Å². The Morgan fingerprint density at radius 1 is 0.459 bits per heavy atom. The molecular weight excluding hydrogens is 903 g/mol. The first-order chi connectivity index (χ1) is 36.1. The van der Waals surface area contributed by atoms with Gasteiger partial charge in [-0.1, -0.05) is 167 Å². The Balaban J connectivity index is 0.941. The molecule has 12 aromatic rings. The highest BCUT2D eigenvalue weighted by molar-refractivity contribution is 6.16. The summed E-state index contributed by atoms with van der Waals surface area (Å²) in [5.41, 5.74) is 19.0. The minimum Gasteiger partial charge on any atom is -0.319 e. The predicted molar refractivity (Wildman–Crippen MR) is 298 cm³/mol. The van der Waals surface area contributed by atoms with E-state index in [1.807, 2.05) is 72.8 Å². The largest absolute Gasteiger partial charge is 0.319 e. The second-order valence-corrected chi connectivity index (χ2v) is 20.6. The molecule has 2 aliphatic carbocycles. The molecule has 3 aromatic heterocycles. The summed E-state index contributed by atoms with van der Waals surface area (Å²) < 4.78 is 4.42. The molecule has 74 heavy (non-hydrogen) atoms. The fraction of sp³-hybridized carbons (Fsp3) is 0.0896. The van der Waals surface area contributed by atoms with E-state index in [2.05, 4.69) is 169 Å².